The fourth-order valence-corrected chi connectivity index (χ4v) is 4.40. The molecular weight excluding hydrogens is 268 g/mol. The van der Waals surface area contributed by atoms with E-state index < -0.39 is 0 Å². The van der Waals surface area contributed by atoms with E-state index in [4.69, 9.17) is 0 Å². The third kappa shape index (κ3) is 3.23. The summed E-state index contributed by atoms with van der Waals surface area (Å²) in [5.74, 6) is 1.05. The van der Waals surface area contributed by atoms with E-state index in [0.29, 0.717) is 5.92 Å². The predicted octanol–water partition coefficient (Wildman–Crippen LogP) is 3.10. The Morgan fingerprint density at radius 3 is 2.80 bits per heavy atom. The van der Waals surface area contributed by atoms with Crippen molar-refractivity contribution >= 4 is 17.2 Å². The van der Waals surface area contributed by atoms with Crippen LogP contribution in [0, 0.1) is 11.8 Å². The Morgan fingerprint density at radius 1 is 1.30 bits per heavy atom. The fraction of sp³-hybridized carbons (Fsp3) is 0.688. The quantitative estimate of drug-likeness (QED) is 0.895. The second-order valence-electron chi connectivity index (χ2n) is 6.09. The molecule has 0 spiro atoms. The molecule has 1 amide bonds. The van der Waals surface area contributed by atoms with Crippen molar-refractivity contribution in [1.29, 1.82) is 0 Å². The van der Waals surface area contributed by atoms with E-state index in [1.165, 1.54) is 30.6 Å². The molecule has 1 aromatic heterocycles. The summed E-state index contributed by atoms with van der Waals surface area (Å²) < 4.78 is 0. The SMILES string of the molecule is O=C(NC(c1cccs1)C1CCCC1)[C@H]1CCCNC1. The minimum Gasteiger partial charge on any atom is -0.348 e. The number of nitrogens with one attached hydrogen (secondary N) is 2. The van der Waals surface area contributed by atoms with Gasteiger partial charge in [0, 0.05) is 11.4 Å². The van der Waals surface area contributed by atoms with Crippen molar-refractivity contribution in [2.45, 2.75) is 44.6 Å². The zero-order valence-corrected chi connectivity index (χ0v) is 12.8. The highest BCUT2D eigenvalue weighted by Crippen LogP contribution is 2.37. The van der Waals surface area contributed by atoms with E-state index in [2.05, 4.69) is 28.1 Å². The number of piperidine rings is 1. The zero-order valence-electron chi connectivity index (χ0n) is 11.9. The second-order valence-corrected chi connectivity index (χ2v) is 7.07. The number of hydrogen-bond acceptors (Lipinski definition) is 3. The largest absolute Gasteiger partial charge is 0.348 e. The zero-order chi connectivity index (χ0) is 13.8. The van der Waals surface area contributed by atoms with E-state index in [-0.39, 0.29) is 17.9 Å². The van der Waals surface area contributed by atoms with Crippen LogP contribution in [0.25, 0.3) is 0 Å². The van der Waals surface area contributed by atoms with Gasteiger partial charge in [0.25, 0.3) is 0 Å². The third-order valence-corrected chi connectivity index (χ3v) is 5.64. The van der Waals surface area contributed by atoms with Gasteiger partial charge in [0.1, 0.15) is 0 Å². The summed E-state index contributed by atoms with van der Waals surface area (Å²) in [6.07, 6.45) is 7.28. The van der Waals surface area contributed by atoms with E-state index in [9.17, 15) is 4.79 Å². The lowest BCUT2D eigenvalue weighted by atomic mass is 9.94. The monoisotopic (exact) mass is 292 g/mol. The number of amides is 1. The summed E-state index contributed by atoms with van der Waals surface area (Å²) in [5, 5.41) is 8.81. The average Bonchev–Trinajstić information content (AvgIpc) is 3.19. The number of carbonyl (C=O) groups is 1. The van der Waals surface area contributed by atoms with Crippen LogP contribution < -0.4 is 10.6 Å². The minimum absolute atomic E-state index is 0.160. The highest BCUT2D eigenvalue weighted by atomic mass is 32.1. The van der Waals surface area contributed by atoms with Crippen molar-refractivity contribution in [3.05, 3.63) is 22.4 Å². The van der Waals surface area contributed by atoms with Gasteiger partial charge in [-0.1, -0.05) is 18.9 Å². The van der Waals surface area contributed by atoms with Gasteiger partial charge < -0.3 is 10.6 Å². The Bertz CT molecular complexity index is 420. The minimum atomic E-state index is 0.160. The molecule has 2 aliphatic rings. The normalized spacial score (nSPS) is 25.5. The van der Waals surface area contributed by atoms with Crippen molar-refractivity contribution in [2.24, 2.45) is 11.8 Å². The Balaban J connectivity index is 1.67. The van der Waals surface area contributed by atoms with Crippen LogP contribution in [0.5, 0.6) is 0 Å². The molecule has 3 nitrogen and oxygen atoms in total. The van der Waals surface area contributed by atoms with Crippen LogP contribution in [-0.2, 0) is 4.79 Å². The number of carbonyl (C=O) groups excluding carboxylic acids is 1. The summed E-state index contributed by atoms with van der Waals surface area (Å²) in [4.78, 5) is 13.8. The standard InChI is InChI=1S/C16H24N2OS/c19-16(13-7-3-9-17-11-13)18-15(12-5-1-2-6-12)14-8-4-10-20-14/h4,8,10,12-13,15,17H,1-3,5-7,9,11H2,(H,18,19)/t13-,15?/m0/s1. The number of rotatable bonds is 4. The predicted molar refractivity (Wildman–Crippen MR) is 82.8 cm³/mol. The van der Waals surface area contributed by atoms with Crippen LogP contribution in [0.2, 0.25) is 0 Å². The molecule has 1 aliphatic carbocycles. The first-order chi connectivity index (χ1) is 9.84. The van der Waals surface area contributed by atoms with Crippen LogP contribution in [0.3, 0.4) is 0 Å². The smallest absolute Gasteiger partial charge is 0.224 e. The van der Waals surface area contributed by atoms with Crippen molar-refractivity contribution in [3.8, 4) is 0 Å². The Kier molecular flexibility index (Phi) is 4.73. The molecule has 1 aromatic rings. The maximum atomic E-state index is 12.5. The molecule has 0 bridgehead atoms. The van der Waals surface area contributed by atoms with E-state index in [1.54, 1.807) is 11.3 Å². The van der Waals surface area contributed by atoms with Gasteiger partial charge in [-0.15, -0.1) is 11.3 Å². The summed E-state index contributed by atoms with van der Waals surface area (Å²) in [6, 6.07) is 4.51. The summed E-state index contributed by atoms with van der Waals surface area (Å²) in [6.45, 7) is 1.90. The molecule has 2 heterocycles. The van der Waals surface area contributed by atoms with Crippen LogP contribution >= 0.6 is 11.3 Å². The molecule has 1 aliphatic heterocycles. The van der Waals surface area contributed by atoms with E-state index in [1.807, 2.05) is 0 Å². The molecule has 0 radical (unpaired) electrons. The lowest BCUT2D eigenvalue weighted by molar-refractivity contribution is -0.126. The van der Waals surface area contributed by atoms with Gasteiger partial charge in [0.2, 0.25) is 5.91 Å². The molecule has 2 atom stereocenters. The van der Waals surface area contributed by atoms with Gasteiger partial charge in [-0.3, -0.25) is 4.79 Å². The van der Waals surface area contributed by atoms with Gasteiger partial charge in [-0.05, 0) is 49.6 Å². The topological polar surface area (TPSA) is 41.1 Å². The van der Waals surface area contributed by atoms with Crippen molar-refractivity contribution in [2.75, 3.05) is 13.1 Å². The highest BCUT2D eigenvalue weighted by molar-refractivity contribution is 7.10. The van der Waals surface area contributed by atoms with Crippen molar-refractivity contribution < 1.29 is 4.79 Å². The van der Waals surface area contributed by atoms with Crippen LogP contribution in [0.1, 0.15) is 49.4 Å². The maximum Gasteiger partial charge on any atom is 0.224 e. The molecule has 0 aromatic carbocycles. The first-order valence-electron chi connectivity index (χ1n) is 7.89. The lowest BCUT2D eigenvalue weighted by Crippen LogP contribution is -2.43. The first-order valence-corrected chi connectivity index (χ1v) is 8.77. The Morgan fingerprint density at radius 2 is 2.15 bits per heavy atom. The van der Waals surface area contributed by atoms with E-state index in [0.717, 1.165) is 25.9 Å². The molecule has 20 heavy (non-hydrogen) atoms. The van der Waals surface area contributed by atoms with E-state index >= 15 is 0 Å². The molecule has 1 saturated carbocycles. The summed E-state index contributed by atoms with van der Waals surface area (Å²) >= 11 is 1.78. The Labute approximate surface area is 125 Å². The number of hydrogen-bond donors (Lipinski definition) is 2. The fourth-order valence-electron chi connectivity index (χ4n) is 3.53. The molecule has 1 saturated heterocycles. The van der Waals surface area contributed by atoms with Crippen molar-refractivity contribution in [3.63, 3.8) is 0 Å². The maximum absolute atomic E-state index is 12.5. The van der Waals surface area contributed by atoms with Crippen LogP contribution in [0.4, 0.5) is 0 Å². The summed E-state index contributed by atoms with van der Waals surface area (Å²) in [5.41, 5.74) is 0. The van der Waals surface area contributed by atoms with Gasteiger partial charge in [0.05, 0.1) is 12.0 Å². The summed E-state index contributed by atoms with van der Waals surface area (Å²) in [7, 11) is 0. The average molecular weight is 292 g/mol. The molecule has 2 fully saturated rings. The third-order valence-electron chi connectivity index (χ3n) is 4.69. The molecular formula is C16H24N2OS. The van der Waals surface area contributed by atoms with Gasteiger partial charge >= 0.3 is 0 Å². The molecule has 4 heteroatoms. The molecule has 110 valence electrons. The highest BCUT2D eigenvalue weighted by Gasteiger charge is 2.30. The van der Waals surface area contributed by atoms with Crippen molar-refractivity contribution in [1.82, 2.24) is 10.6 Å². The molecule has 3 rings (SSSR count). The number of thiophene rings is 1. The Hall–Kier alpha value is -0.870. The first kappa shape index (κ1) is 14.1. The van der Waals surface area contributed by atoms with Crippen LogP contribution in [-0.4, -0.2) is 19.0 Å². The second kappa shape index (κ2) is 6.72. The lowest BCUT2D eigenvalue weighted by Gasteiger charge is -2.28. The molecule has 1 unspecified atom stereocenters. The van der Waals surface area contributed by atoms with Crippen LogP contribution in [0.15, 0.2) is 17.5 Å². The van der Waals surface area contributed by atoms with Gasteiger partial charge in [0.15, 0.2) is 0 Å². The molecule has 2 N–H and O–H groups in total. The van der Waals surface area contributed by atoms with Gasteiger partial charge in [-0.2, -0.15) is 0 Å². The van der Waals surface area contributed by atoms with Gasteiger partial charge in [-0.25, -0.2) is 0 Å².